The number of hydrogen-bond donors (Lipinski definition) is 0. The van der Waals surface area contributed by atoms with Crippen molar-refractivity contribution in [3.05, 3.63) is 54.9 Å². The number of nitrogens with zero attached hydrogens (tertiary/aromatic N) is 8. The van der Waals surface area contributed by atoms with Crippen LogP contribution in [0, 0.1) is 11.3 Å². The van der Waals surface area contributed by atoms with Gasteiger partial charge in [0.1, 0.15) is 18.2 Å². The van der Waals surface area contributed by atoms with Gasteiger partial charge in [-0.25, -0.2) is 19.6 Å². The van der Waals surface area contributed by atoms with E-state index in [-0.39, 0.29) is 0 Å². The van der Waals surface area contributed by atoms with Crippen LogP contribution in [-0.4, -0.2) is 50.9 Å². The molecule has 4 heterocycles. The van der Waals surface area contributed by atoms with Crippen LogP contribution in [0.5, 0.6) is 0 Å². The highest BCUT2D eigenvalue weighted by molar-refractivity contribution is 5.57. The van der Waals surface area contributed by atoms with Gasteiger partial charge in [0, 0.05) is 50.8 Å². The minimum atomic E-state index is 0.471. The maximum atomic E-state index is 9.23. The summed E-state index contributed by atoms with van der Waals surface area (Å²) in [5, 5.41) is 13.4. The first-order chi connectivity index (χ1) is 12.3. The van der Waals surface area contributed by atoms with Crippen LogP contribution in [0.2, 0.25) is 0 Å². The lowest BCUT2D eigenvalue weighted by molar-refractivity contribution is 0.644. The van der Waals surface area contributed by atoms with E-state index in [4.69, 9.17) is 0 Å². The number of anilines is 2. The largest absolute Gasteiger partial charge is 0.366 e. The molecule has 0 saturated carbocycles. The predicted octanol–water partition coefficient (Wildman–Crippen LogP) is 1.26. The Morgan fingerprint density at radius 3 is 2.48 bits per heavy atom. The lowest BCUT2D eigenvalue weighted by Gasteiger charge is -2.36. The average molecular weight is 332 g/mol. The van der Waals surface area contributed by atoms with Gasteiger partial charge in [0.2, 0.25) is 0 Å². The minimum Gasteiger partial charge on any atom is -0.366 e. The van der Waals surface area contributed by atoms with E-state index in [2.05, 4.69) is 35.9 Å². The quantitative estimate of drug-likeness (QED) is 0.713. The molecule has 8 nitrogen and oxygen atoms in total. The molecule has 0 aromatic carbocycles. The van der Waals surface area contributed by atoms with Crippen LogP contribution in [0.1, 0.15) is 5.69 Å². The van der Waals surface area contributed by atoms with E-state index in [0.29, 0.717) is 5.69 Å². The van der Waals surface area contributed by atoms with Crippen LogP contribution in [0.3, 0.4) is 0 Å². The summed E-state index contributed by atoms with van der Waals surface area (Å²) in [6.07, 6.45) is 6.79. The van der Waals surface area contributed by atoms with Gasteiger partial charge >= 0.3 is 0 Å². The van der Waals surface area contributed by atoms with Crippen molar-refractivity contribution in [2.45, 2.75) is 0 Å². The Labute approximate surface area is 145 Å². The first kappa shape index (κ1) is 15.1. The Morgan fingerprint density at radius 2 is 1.72 bits per heavy atom. The summed E-state index contributed by atoms with van der Waals surface area (Å²) in [7, 11) is 0. The Balaban J connectivity index is 1.49. The molecule has 0 amide bonds. The van der Waals surface area contributed by atoms with Crippen LogP contribution < -0.4 is 9.80 Å². The molecule has 0 spiro atoms. The van der Waals surface area contributed by atoms with E-state index >= 15 is 0 Å². The molecule has 1 aliphatic heterocycles. The molecular formula is C17H16N8. The Morgan fingerprint density at radius 1 is 0.920 bits per heavy atom. The van der Waals surface area contributed by atoms with Gasteiger partial charge in [0.25, 0.3) is 0 Å². The number of piperazine rings is 1. The minimum absolute atomic E-state index is 0.471. The van der Waals surface area contributed by atoms with Crippen molar-refractivity contribution in [1.29, 1.82) is 5.26 Å². The van der Waals surface area contributed by atoms with Crippen molar-refractivity contribution < 1.29 is 0 Å². The second-order valence-electron chi connectivity index (χ2n) is 5.64. The molecule has 1 aliphatic rings. The third-order valence-corrected chi connectivity index (χ3v) is 4.21. The fourth-order valence-electron chi connectivity index (χ4n) is 2.95. The molecule has 3 aromatic rings. The number of rotatable bonds is 3. The van der Waals surface area contributed by atoms with E-state index in [9.17, 15) is 5.26 Å². The Bertz CT molecular complexity index is 891. The number of hydrogen-bond acceptors (Lipinski definition) is 7. The van der Waals surface area contributed by atoms with Gasteiger partial charge in [0.05, 0.1) is 5.69 Å². The topological polar surface area (TPSA) is 86.8 Å². The second-order valence-corrected chi connectivity index (χ2v) is 5.64. The first-order valence-corrected chi connectivity index (χ1v) is 8.02. The fourth-order valence-corrected chi connectivity index (χ4v) is 2.95. The fraction of sp³-hybridized carbons (Fsp3) is 0.235. The van der Waals surface area contributed by atoms with Crippen LogP contribution >= 0.6 is 0 Å². The van der Waals surface area contributed by atoms with Gasteiger partial charge in [-0.05, 0) is 18.2 Å². The van der Waals surface area contributed by atoms with E-state index in [1.807, 2.05) is 30.5 Å². The molecule has 0 radical (unpaired) electrons. The summed E-state index contributed by atoms with van der Waals surface area (Å²) in [5.74, 6) is 1.63. The normalized spacial score (nSPS) is 14.4. The maximum Gasteiger partial charge on any atom is 0.163 e. The molecule has 0 unspecified atom stereocenters. The van der Waals surface area contributed by atoms with Gasteiger partial charge in [-0.2, -0.15) is 10.4 Å². The zero-order chi connectivity index (χ0) is 17.1. The van der Waals surface area contributed by atoms with Crippen LogP contribution in [0.25, 0.3) is 5.82 Å². The molecule has 8 heteroatoms. The zero-order valence-electron chi connectivity index (χ0n) is 13.5. The van der Waals surface area contributed by atoms with Crippen molar-refractivity contribution in [3.63, 3.8) is 0 Å². The van der Waals surface area contributed by atoms with E-state index in [1.54, 1.807) is 23.4 Å². The van der Waals surface area contributed by atoms with Crippen LogP contribution in [0.15, 0.2) is 49.2 Å². The standard InChI is InChI=1S/C17H16N8/c18-12-14-15(3-1-4-19-14)23-7-9-24(10-8-23)16-11-17(21-13-20-16)25-6-2-5-22-25/h1-6,11,13H,7-10H2. The molecule has 0 N–H and O–H groups in total. The summed E-state index contributed by atoms with van der Waals surface area (Å²) in [4.78, 5) is 17.2. The van der Waals surface area contributed by atoms with Gasteiger partial charge in [-0.3, -0.25) is 0 Å². The van der Waals surface area contributed by atoms with E-state index in [1.165, 1.54) is 0 Å². The summed E-state index contributed by atoms with van der Waals surface area (Å²) in [6, 6.07) is 9.77. The molecule has 4 rings (SSSR count). The zero-order valence-corrected chi connectivity index (χ0v) is 13.5. The third kappa shape index (κ3) is 2.99. The summed E-state index contributed by atoms with van der Waals surface area (Å²) in [5.41, 5.74) is 1.36. The van der Waals surface area contributed by atoms with E-state index in [0.717, 1.165) is 43.5 Å². The van der Waals surface area contributed by atoms with Crippen molar-refractivity contribution in [2.24, 2.45) is 0 Å². The van der Waals surface area contributed by atoms with Crippen molar-refractivity contribution >= 4 is 11.5 Å². The number of aromatic nitrogens is 5. The maximum absolute atomic E-state index is 9.23. The van der Waals surface area contributed by atoms with Crippen molar-refractivity contribution in [2.75, 3.05) is 36.0 Å². The molecule has 0 aliphatic carbocycles. The van der Waals surface area contributed by atoms with Gasteiger partial charge in [0.15, 0.2) is 11.5 Å². The first-order valence-electron chi connectivity index (χ1n) is 8.02. The summed E-state index contributed by atoms with van der Waals surface area (Å²) >= 11 is 0. The van der Waals surface area contributed by atoms with Crippen LogP contribution in [-0.2, 0) is 0 Å². The average Bonchev–Trinajstić information content (AvgIpc) is 3.23. The molecule has 25 heavy (non-hydrogen) atoms. The smallest absolute Gasteiger partial charge is 0.163 e. The third-order valence-electron chi connectivity index (χ3n) is 4.21. The number of pyridine rings is 1. The summed E-state index contributed by atoms with van der Waals surface area (Å²) < 4.78 is 1.72. The van der Waals surface area contributed by atoms with Gasteiger partial charge in [-0.15, -0.1) is 0 Å². The highest BCUT2D eigenvalue weighted by Gasteiger charge is 2.21. The lowest BCUT2D eigenvalue weighted by atomic mass is 10.2. The Kier molecular flexibility index (Phi) is 3.96. The molecule has 1 fully saturated rings. The van der Waals surface area contributed by atoms with Gasteiger partial charge in [-0.1, -0.05) is 0 Å². The number of nitriles is 1. The molecule has 124 valence electrons. The summed E-state index contributed by atoms with van der Waals surface area (Å²) in [6.45, 7) is 3.24. The van der Waals surface area contributed by atoms with E-state index < -0.39 is 0 Å². The van der Waals surface area contributed by atoms with Gasteiger partial charge < -0.3 is 9.80 Å². The molecule has 3 aromatic heterocycles. The monoisotopic (exact) mass is 332 g/mol. The lowest BCUT2D eigenvalue weighted by Crippen LogP contribution is -2.47. The van der Waals surface area contributed by atoms with Crippen molar-refractivity contribution in [1.82, 2.24) is 24.7 Å². The molecule has 0 bridgehead atoms. The molecular weight excluding hydrogens is 316 g/mol. The molecule has 0 atom stereocenters. The predicted molar refractivity (Wildman–Crippen MR) is 92.5 cm³/mol. The van der Waals surface area contributed by atoms with Crippen LogP contribution in [0.4, 0.5) is 11.5 Å². The highest BCUT2D eigenvalue weighted by Crippen LogP contribution is 2.21. The van der Waals surface area contributed by atoms with Crippen molar-refractivity contribution in [3.8, 4) is 11.9 Å². The second kappa shape index (κ2) is 6.57. The Hall–Kier alpha value is -3.47. The molecule has 1 saturated heterocycles. The SMILES string of the molecule is N#Cc1ncccc1N1CCN(c2cc(-n3cccn3)ncn2)CC1. The highest BCUT2D eigenvalue weighted by atomic mass is 15.3.